The molecule has 5 nitrogen and oxygen atoms in total. The van der Waals surface area contributed by atoms with Gasteiger partial charge in [0.25, 0.3) is 0 Å². The topological polar surface area (TPSA) is 65.5 Å². The first-order valence-corrected chi connectivity index (χ1v) is 5.68. The summed E-state index contributed by atoms with van der Waals surface area (Å²) in [5.74, 6) is -0.0671. The quantitative estimate of drug-likeness (QED) is 0.681. The van der Waals surface area contributed by atoms with Gasteiger partial charge in [0.1, 0.15) is 0 Å². The standard InChI is InChI=1S/C12H19N3O2/c1-15(10-12(17)14-7-9-16)8-5-11-4-2-3-6-13-11/h2-4,6,16H,5,7-10H2,1H3,(H,14,17). The van der Waals surface area contributed by atoms with Gasteiger partial charge in [-0.1, -0.05) is 6.07 Å². The third-order valence-corrected chi connectivity index (χ3v) is 2.32. The van der Waals surface area contributed by atoms with E-state index in [2.05, 4.69) is 10.3 Å². The Morgan fingerprint density at radius 2 is 2.35 bits per heavy atom. The summed E-state index contributed by atoms with van der Waals surface area (Å²) in [6, 6.07) is 5.81. The minimum atomic E-state index is -0.0671. The summed E-state index contributed by atoms with van der Waals surface area (Å²) >= 11 is 0. The molecule has 1 rings (SSSR count). The molecule has 0 fully saturated rings. The summed E-state index contributed by atoms with van der Waals surface area (Å²) in [5.41, 5.74) is 1.02. The van der Waals surface area contributed by atoms with Crippen molar-refractivity contribution in [1.29, 1.82) is 0 Å². The maximum Gasteiger partial charge on any atom is 0.234 e. The van der Waals surface area contributed by atoms with Crippen LogP contribution in [-0.2, 0) is 11.2 Å². The average molecular weight is 237 g/mol. The van der Waals surface area contributed by atoms with Crippen molar-refractivity contribution in [3.63, 3.8) is 0 Å². The molecule has 1 amide bonds. The highest BCUT2D eigenvalue weighted by atomic mass is 16.3. The zero-order chi connectivity index (χ0) is 12.5. The van der Waals surface area contributed by atoms with Crippen LogP contribution in [0, 0.1) is 0 Å². The zero-order valence-electron chi connectivity index (χ0n) is 10.1. The molecule has 1 aromatic rings. The van der Waals surface area contributed by atoms with Gasteiger partial charge in [0.05, 0.1) is 13.2 Å². The summed E-state index contributed by atoms with van der Waals surface area (Å²) < 4.78 is 0. The molecule has 0 aliphatic carbocycles. The lowest BCUT2D eigenvalue weighted by Gasteiger charge is -2.15. The number of aliphatic hydroxyl groups is 1. The molecule has 0 unspecified atom stereocenters. The Kier molecular flexibility index (Phi) is 6.21. The molecule has 0 radical (unpaired) electrons. The van der Waals surface area contributed by atoms with Gasteiger partial charge in [0.2, 0.25) is 5.91 Å². The fourth-order valence-corrected chi connectivity index (χ4v) is 1.43. The van der Waals surface area contributed by atoms with Crippen LogP contribution in [0.4, 0.5) is 0 Å². The number of nitrogens with zero attached hydrogens (tertiary/aromatic N) is 2. The normalized spacial score (nSPS) is 10.5. The van der Waals surface area contributed by atoms with Crippen LogP contribution in [0.1, 0.15) is 5.69 Å². The van der Waals surface area contributed by atoms with E-state index in [-0.39, 0.29) is 12.5 Å². The highest BCUT2D eigenvalue weighted by Crippen LogP contribution is 1.96. The molecule has 0 atom stereocenters. The van der Waals surface area contributed by atoms with Crippen LogP contribution < -0.4 is 5.32 Å². The van der Waals surface area contributed by atoms with Crippen molar-refractivity contribution in [3.05, 3.63) is 30.1 Å². The SMILES string of the molecule is CN(CCc1ccccn1)CC(=O)NCCO. The van der Waals surface area contributed by atoms with Crippen LogP contribution in [0.15, 0.2) is 24.4 Å². The van der Waals surface area contributed by atoms with E-state index in [1.54, 1.807) is 6.20 Å². The number of carbonyl (C=O) groups is 1. The molecule has 0 spiro atoms. The van der Waals surface area contributed by atoms with Gasteiger partial charge in [0, 0.05) is 31.4 Å². The van der Waals surface area contributed by atoms with Crippen molar-refractivity contribution < 1.29 is 9.90 Å². The molecule has 0 aliphatic heterocycles. The predicted molar refractivity (Wildman–Crippen MR) is 65.5 cm³/mol. The number of hydrogen-bond acceptors (Lipinski definition) is 4. The van der Waals surface area contributed by atoms with Gasteiger partial charge in [-0.05, 0) is 19.2 Å². The van der Waals surface area contributed by atoms with Gasteiger partial charge in [0.15, 0.2) is 0 Å². The van der Waals surface area contributed by atoms with Crippen LogP contribution in [-0.4, -0.2) is 54.2 Å². The Morgan fingerprint density at radius 3 is 3.00 bits per heavy atom. The summed E-state index contributed by atoms with van der Waals surface area (Å²) in [6.07, 6.45) is 2.59. The highest BCUT2D eigenvalue weighted by molar-refractivity contribution is 5.77. The van der Waals surface area contributed by atoms with E-state index in [0.717, 1.165) is 18.7 Å². The molecule has 94 valence electrons. The second-order valence-corrected chi connectivity index (χ2v) is 3.88. The summed E-state index contributed by atoms with van der Waals surface area (Å²) in [6.45, 7) is 1.41. The maximum absolute atomic E-state index is 11.3. The van der Waals surface area contributed by atoms with Crippen LogP contribution in [0.5, 0.6) is 0 Å². The number of aromatic nitrogens is 1. The predicted octanol–water partition coefficient (Wildman–Crippen LogP) is -0.336. The number of amides is 1. The Balaban J connectivity index is 2.21. The molecule has 1 heterocycles. The van der Waals surface area contributed by atoms with Gasteiger partial charge in [-0.3, -0.25) is 14.7 Å². The van der Waals surface area contributed by atoms with Crippen LogP contribution in [0.25, 0.3) is 0 Å². The van der Waals surface area contributed by atoms with Gasteiger partial charge in [-0.2, -0.15) is 0 Å². The zero-order valence-corrected chi connectivity index (χ0v) is 10.1. The van der Waals surface area contributed by atoms with Crippen molar-refractivity contribution >= 4 is 5.91 Å². The first kappa shape index (κ1) is 13.6. The lowest BCUT2D eigenvalue weighted by Crippen LogP contribution is -2.37. The number of rotatable bonds is 7. The number of aliphatic hydroxyl groups excluding tert-OH is 1. The molecular weight excluding hydrogens is 218 g/mol. The molecule has 1 aromatic heterocycles. The highest BCUT2D eigenvalue weighted by Gasteiger charge is 2.05. The second kappa shape index (κ2) is 7.76. The third-order valence-electron chi connectivity index (χ3n) is 2.32. The van der Waals surface area contributed by atoms with E-state index in [0.29, 0.717) is 13.1 Å². The molecule has 0 aromatic carbocycles. The first-order valence-electron chi connectivity index (χ1n) is 5.68. The Hall–Kier alpha value is -1.46. The molecule has 0 bridgehead atoms. The lowest BCUT2D eigenvalue weighted by atomic mass is 10.2. The average Bonchev–Trinajstić information content (AvgIpc) is 2.35. The fraction of sp³-hybridized carbons (Fsp3) is 0.500. The number of carbonyl (C=O) groups excluding carboxylic acids is 1. The minimum Gasteiger partial charge on any atom is -0.395 e. The van der Waals surface area contributed by atoms with Crippen molar-refractivity contribution in [3.8, 4) is 0 Å². The number of pyridine rings is 1. The molecule has 5 heteroatoms. The van der Waals surface area contributed by atoms with Crippen molar-refractivity contribution in [2.24, 2.45) is 0 Å². The largest absolute Gasteiger partial charge is 0.395 e. The molecule has 0 aliphatic rings. The first-order chi connectivity index (χ1) is 8.22. The van der Waals surface area contributed by atoms with Gasteiger partial charge in [-0.15, -0.1) is 0 Å². The summed E-state index contributed by atoms with van der Waals surface area (Å²) in [7, 11) is 1.89. The van der Waals surface area contributed by atoms with Gasteiger partial charge in [-0.25, -0.2) is 0 Å². The van der Waals surface area contributed by atoms with E-state index in [9.17, 15) is 4.79 Å². The van der Waals surface area contributed by atoms with Crippen LogP contribution in [0.3, 0.4) is 0 Å². The van der Waals surface area contributed by atoms with Gasteiger partial charge < -0.3 is 10.4 Å². The van der Waals surface area contributed by atoms with Gasteiger partial charge >= 0.3 is 0 Å². The molecular formula is C12H19N3O2. The van der Waals surface area contributed by atoms with Crippen LogP contribution >= 0.6 is 0 Å². The Morgan fingerprint density at radius 1 is 1.53 bits per heavy atom. The van der Waals surface area contributed by atoms with E-state index in [4.69, 9.17) is 5.11 Å². The Labute approximate surface area is 101 Å². The van der Waals surface area contributed by atoms with E-state index >= 15 is 0 Å². The van der Waals surface area contributed by atoms with E-state index < -0.39 is 0 Å². The molecule has 2 N–H and O–H groups in total. The number of nitrogens with one attached hydrogen (secondary N) is 1. The monoisotopic (exact) mass is 237 g/mol. The van der Waals surface area contributed by atoms with E-state index in [1.165, 1.54) is 0 Å². The molecule has 17 heavy (non-hydrogen) atoms. The number of hydrogen-bond donors (Lipinski definition) is 2. The Bertz CT molecular complexity index is 330. The summed E-state index contributed by atoms with van der Waals surface area (Å²) in [4.78, 5) is 17.5. The van der Waals surface area contributed by atoms with Crippen LogP contribution in [0.2, 0.25) is 0 Å². The van der Waals surface area contributed by atoms with Crippen molar-refractivity contribution in [2.45, 2.75) is 6.42 Å². The molecule has 0 saturated heterocycles. The second-order valence-electron chi connectivity index (χ2n) is 3.88. The summed E-state index contributed by atoms with van der Waals surface area (Å²) in [5, 5.41) is 11.2. The fourth-order valence-electron chi connectivity index (χ4n) is 1.43. The van der Waals surface area contributed by atoms with E-state index in [1.807, 2.05) is 30.1 Å². The van der Waals surface area contributed by atoms with Crippen molar-refractivity contribution in [1.82, 2.24) is 15.2 Å². The molecule has 0 saturated carbocycles. The number of likely N-dealkylation sites (N-methyl/N-ethyl adjacent to an activating group) is 1. The minimum absolute atomic E-state index is 0.0244. The third kappa shape index (κ3) is 5.99. The lowest BCUT2D eigenvalue weighted by molar-refractivity contribution is -0.122. The van der Waals surface area contributed by atoms with Crippen molar-refractivity contribution in [2.75, 3.05) is 33.3 Å². The maximum atomic E-state index is 11.3. The smallest absolute Gasteiger partial charge is 0.234 e.